The summed E-state index contributed by atoms with van der Waals surface area (Å²) >= 11 is 3.66. The van der Waals surface area contributed by atoms with E-state index in [9.17, 15) is 4.79 Å². The SMILES string of the molecule is CCOC(=O)[C@H]1CCCN(Cc2c(Br)c(CC)nn2C)C1. The zero-order valence-electron chi connectivity index (χ0n) is 13.1. The lowest BCUT2D eigenvalue weighted by Gasteiger charge is -2.31. The zero-order valence-corrected chi connectivity index (χ0v) is 14.6. The van der Waals surface area contributed by atoms with E-state index in [2.05, 4.69) is 32.9 Å². The molecule has 1 aromatic rings. The lowest BCUT2D eigenvalue weighted by Crippen LogP contribution is -2.39. The van der Waals surface area contributed by atoms with Crippen LogP contribution in [0.5, 0.6) is 0 Å². The number of carbonyl (C=O) groups is 1. The van der Waals surface area contributed by atoms with Crippen LogP contribution in [0.4, 0.5) is 0 Å². The number of esters is 1. The predicted molar refractivity (Wildman–Crippen MR) is 84.9 cm³/mol. The Morgan fingerprint density at radius 3 is 2.86 bits per heavy atom. The molecule has 1 aliphatic rings. The van der Waals surface area contributed by atoms with E-state index < -0.39 is 0 Å². The fourth-order valence-electron chi connectivity index (χ4n) is 2.86. The highest BCUT2D eigenvalue weighted by Gasteiger charge is 2.28. The molecular formula is C15H24BrN3O2. The third-order valence-corrected chi connectivity index (χ3v) is 4.92. The van der Waals surface area contributed by atoms with Gasteiger partial charge in [0.1, 0.15) is 0 Å². The van der Waals surface area contributed by atoms with Crippen molar-refractivity contribution in [3.63, 3.8) is 0 Å². The standard InChI is InChI=1S/C15H24BrN3O2/c1-4-12-14(16)13(18(3)17-12)10-19-8-6-7-11(9-19)15(20)21-5-2/h11H,4-10H2,1-3H3/t11-/m0/s1. The quantitative estimate of drug-likeness (QED) is 0.759. The van der Waals surface area contributed by atoms with Gasteiger partial charge < -0.3 is 4.74 Å². The molecule has 1 aromatic heterocycles. The maximum atomic E-state index is 11.9. The van der Waals surface area contributed by atoms with Gasteiger partial charge in [-0.15, -0.1) is 0 Å². The Kier molecular flexibility index (Phi) is 5.81. The number of halogens is 1. The number of piperidine rings is 1. The molecule has 0 bridgehead atoms. The van der Waals surface area contributed by atoms with E-state index in [1.54, 1.807) is 0 Å². The zero-order chi connectivity index (χ0) is 15.4. The highest BCUT2D eigenvalue weighted by Crippen LogP contribution is 2.25. The molecule has 6 heteroatoms. The van der Waals surface area contributed by atoms with Crippen LogP contribution in [-0.4, -0.2) is 40.3 Å². The molecule has 0 aromatic carbocycles. The Balaban J connectivity index is 2.03. The fourth-order valence-corrected chi connectivity index (χ4v) is 3.60. The van der Waals surface area contributed by atoms with Gasteiger partial charge in [0.05, 0.1) is 28.4 Å². The average molecular weight is 358 g/mol. The van der Waals surface area contributed by atoms with Gasteiger partial charge in [-0.3, -0.25) is 14.4 Å². The Labute approximate surface area is 134 Å². The van der Waals surface area contributed by atoms with Gasteiger partial charge in [-0.05, 0) is 48.7 Å². The van der Waals surface area contributed by atoms with Gasteiger partial charge in [-0.25, -0.2) is 0 Å². The molecule has 1 saturated heterocycles. The number of aromatic nitrogens is 2. The number of hydrogen-bond donors (Lipinski definition) is 0. The summed E-state index contributed by atoms with van der Waals surface area (Å²) < 4.78 is 8.20. The van der Waals surface area contributed by atoms with Gasteiger partial charge in [0, 0.05) is 20.1 Å². The lowest BCUT2D eigenvalue weighted by molar-refractivity contribution is -0.150. The topological polar surface area (TPSA) is 47.4 Å². The number of nitrogens with zero attached hydrogens (tertiary/aromatic N) is 3. The van der Waals surface area contributed by atoms with Gasteiger partial charge in [0.25, 0.3) is 0 Å². The smallest absolute Gasteiger partial charge is 0.310 e. The summed E-state index contributed by atoms with van der Waals surface area (Å²) in [6.07, 6.45) is 2.89. The van der Waals surface area contributed by atoms with Crippen LogP contribution >= 0.6 is 15.9 Å². The first kappa shape index (κ1) is 16.5. The molecule has 2 heterocycles. The van der Waals surface area contributed by atoms with Gasteiger partial charge in [-0.2, -0.15) is 5.10 Å². The van der Waals surface area contributed by atoms with E-state index in [4.69, 9.17) is 4.74 Å². The summed E-state index contributed by atoms with van der Waals surface area (Å²) in [4.78, 5) is 14.2. The highest BCUT2D eigenvalue weighted by atomic mass is 79.9. The van der Waals surface area contributed by atoms with E-state index >= 15 is 0 Å². The molecule has 0 amide bonds. The Hall–Kier alpha value is -0.880. The molecule has 1 aliphatic heterocycles. The Morgan fingerprint density at radius 2 is 2.24 bits per heavy atom. The number of hydrogen-bond acceptors (Lipinski definition) is 4. The van der Waals surface area contributed by atoms with Gasteiger partial charge in [0.15, 0.2) is 0 Å². The van der Waals surface area contributed by atoms with Crippen molar-refractivity contribution in [1.29, 1.82) is 0 Å². The maximum Gasteiger partial charge on any atom is 0.310 e. The lowest BCUT2D eigenvalue weighted by atomic mass is 9.98. The Bertz CT molecular complexity index is 501. The minimum atomic E-state index is -0.0551. The molecule has 0 spiro atoms. The van der Waals surface area contributed by atoms with Gasteiger partial charge >= 0.3 is 5.97 Å². The van der Waals surface area contributed by atoms with E-state index in [1.165, 1.54) is 5.69 Å². The molecule has 0 radical (unpaired) electrons. The largest absolute Gasteiger partial charge is 0.466 e. The average Bonchev–Trinajstić information content (AvgIpc) is 2.75. The fraction of sp³-hybridized carbons (Fsp3) is 0.733. The van der Waals surface area contributed by atoms with Crippen molar-refractivity contribution >= 4 is 21.9 Å². The molecule has 0 N–H and O–H groups in total. The number of carbonyl (C=O) groups excluding carboxylic acids is 1. The first-order valence-corrected chi connectivity index (χ1v) is 8.45. The van der Waals surface area contributed by atoms with Crippen molar-refractivity contribution in [2.45, 2.75) is 39.7 Å². The van der Waals surface area contributed by atoms with Crippen molar-refractivity contribution in [3.8, 4) is 0 Å². The number of aryl methyl sites for hydroxylation is 2. The van der Waals surface area contributed by atoms with E-state index in [-0.39, 0.29) is 11.9 Å². The van der Waals surface area contributed by atoms with E-state index in [1.807, 2.05) is 18.7 Å². The van der Waals surface area contributed by atoms with Crippen molar-refractivity contribution < 1.29 is 9.53 Å². The van der Waals surface area contributed by atoms with Gasteiger partial charge in [-0.1, -0.05) is 6.92 Å². The van der Waals surface area contributed by atoms with Crippen molar-refractivity contribution in [2.24, 2.45) is 13.0 Å². The first-order valence-electron chi connectivity index (χ1n) is 7.66. The van der Waals surface area contributed by atoms with Crippen LogP contribution in [0, 0.1) is 5.92 Å². The third kappa shape index (κ3) is 3.86. The summed E-state index contributed by atoms with van der Waals surface area (Å²) in [6, 6.07) is 0. The second kappa shape index (κ2) is 7.40. The van der Waals surface area contributed by atoms with E-state index in [0.29, 0.717) is 6.61 Å². The molecular weight excluding hydrogens is 334 g/mol. The molecule has 2 rings (SSSR count). The van der Waals surface area contributed by atoms with Crippen LogP contribution in [0.2, 0.25) is 0 Å². The van der Waals surface area contributed by atoms with Crippen LogP contribution in [0.3, 0.4) is 0 Å². The van der Waals surface area contributed by atoms with Crippen molar-refractivity contribution in [3.05, 3.63) is 15.9 Å². The summed E-state index contributed by atoms with van der Waals surface area (Å²) in [5.74, 6) is -0.0446. The molecule has 0 unspecified atom stereocenters. The number of likely N-dealkylation sites (tertiary alicyclic amines) is 1. The maximum absolute atomic E-state index is 11.9. The third-order valence-electron chi connectivity index (χ3n) is 4.00. The molecule has 118 valence electrons. The molecule has 0 saturated carbocycles. The van der Waals surface area contributed by atoms with Crippen LogP contribution in [0.1, 0.15) is 38.1 Å². The van der Waals surface area contributed by atoms with Crippen LogP contribution in [0.15, 0.2) is 4.47 Å². The number of ether oxygens (including phenoxy) is 1. The van der Waals surface area contributed by atoms with Crippen LogP contribution < -0.4 is 0 Å². The molecule has 0 aliphatic carbocycles. The molecule has 5 nitrogen and oxygen atoms in total. The molecule has 1 atom stereocenters. The first-order chi connectivity index (χ1) is 10.1. The normalized spacial score (nSPS) is 19.7. The number of rotatable bonds is 5. The minimum absolute atomic E-state index is 0.0105. The summed E-state index contributed by atoms with van der Waals surface area (Å²) in [6.45, 7) is 7.04. The van der Waals surface area contributed by atoms with Crippen LogP contribution in [0.25, 0.3) is 0 Å². The van der Waals surface area contributed by atoms with E-state index in [0.717, 1.165) is 49.1 Å². The van der Waals surface area contributed by atoms with Crippen molar-refractivity contribution in [1.82, 2.24) is 14.7 Å². The summed E-state index contributed by atoms with van der Waals surface area (Å²) in [5, 5.41) is 4.53. The summed E-state index contributed by atoms with van der Waals surface area (Å²) in [7, 11) is 1.98. The second-order valence-corrected chi connectivity index (χ2v) is 6.30. The van der Waals surface area contributed by atoms with Crippen molar-refractivity contribution in [2.75, 3.05) is 19.7 Å². The second-order valence-electron chi connectivity index (χ2n) is 5.51. The molecule has 1 fully saturated rings. The summed E-state index contributed by atoms with van der Waals surface area (Å²) in [5.41, 5.74) is 2.27. The monoisotopic (exact) mass is 357 g/mol. The predicted octanol–water partition coefficient (Wildman–Crippen LogP) is 2.52. The molecule has 21 heavy (non-hydrogen) atoms. The van der Waals surface area contributed by atoms with Gasteiger partial charge in [0.2, 0.25) is 0 Å². The Morgan fingerprint density at radius 1 is 1.48 bits per heavy atom. The van der Waals surface area contributed by atoms with Crippen LogP contribution in [-0.2, 0) is 29.5 Å². The minimum Gasteiger partial charge on any atom is -0.466 e. The highest BCUT2D eigenvalue weighted by molar-refractivity contribution is 9.10.